The first-order valence-corrected chi connectivity index (χ1v) is 8.32. The molecule has 0 spiro atoms. The number of hydrogen-bond donors (Lipinski definition) is 1. The zero-order chi connectivity index (χ0) is 16.4. The van der Waals surface area contributed by atoms with Crippen LogP contribution in [0.2, 0.25) is 0 Å². The Morgan fingerprint density at radius 3 is 2.52 bits per heavy atom. The van der Waals surface area contributed by atoms with E-state index in [9.17, 15) is 4.79 Å². The van der Waals surface area contributed by atoms with Gasteiger partial charge >= 0.3 is 0 Å². The predicted molar refractivity (Wildman–Crippen MR) is 96.2 cm³/mol. The lowest BCUT2D eigenvalue weighted by Crippen LogP contribution is -2.12. The number of benzene rings is 2. The van der Waals surface area contributed by atoms with E-state index in [1.165, 1.54) is 22.5 Å². The molecular weight excluding hydrogens is 304 g/mol. The minimum atomic E-state index is -0.121. The minimum absolute atomic E-state index is 0.121. The zero-order valence-electron chi connectivity index (χ0n) is 13.4. The Balaban J connectivity index is 1.81. The molecule has 1 N–H and O–H groups in total. The number of nitrogens with one attached hydrogen (secondary N) is 1. The summed E-state index contributed by atoms with van der Waals surface area (Å²) in [5.74, 6) is -0.121. The number of thiazole rings is 1. The van der Waals surface area contributed by atoms with Gasteiger partial charge in [-0.05, 0) is 49.6 Å². The van der Waals surface area contributed by atoms with E-state index in [0.29, 0.717) is 10.7 Å². The van der Waals surface area contributed by atoms with Crippen LogP contribution in [0.5, 0.6) is 0 Å². The van der Waals surface area contributed by atoms with Gasteiger partial charge in [0.2, 0.25) is 0 Å². The molecule has 2 aromatic carbocycles. The van der Waals surface area contributed by atoms with Crippen LogP contribution >= 0.6 is 11.3 Å². The average Bonchev–Trinajstić information content (AvgIpc) is 2.99. The molecule has 1 aromatic heterocycles. The van der Waals surface area contributed by atoms with Gasteiger partial charge in [-0.1, -0.05) is 30.3 Å². The van der Waals surface area contributed by atoms with Crippen molar-refractivity contribution in [2.75, 3.05) is 5.32 Å². The molecule has 3 nitrogen and oxygen atoms in total. The quantitative estimate of drug-likeness (QED) is 0.738. The lowest BCUT2D eigenvalue weighted by Gasteiger charge is -2.05. The van der Waals surface area contributed by atoms with Crippen molar-refractivity contribution < 1.29 is 4.79 Å². The van der Waals surface area contributed by atoms with E-state index in [1.54, 1.807) is 0 Å². The second-order valence-corrected chi connectivity index (χ2v) is 6.46. The third-order valence-electron chi connectivity index (χ3n) is 3.92. The number of nitrogens with zero attached hydrogens (tertiary/aromatic N) is 1. The molecule has 0 unspecified atom stereocenters. The molecule has 4 heteroatoms. The van der Waals surface area contributed by atoms with Crippen molar-refractivity contribution in [3.8, 4) is 11.3 Å². The minimum Gasteiger partial charge on any atom is -0.298 e. The number of anilines is 1. The third-order valence-corrected chi connectivity index (χ3v) is 4.67. The van der Waals surface area contributed by atoms with E-state index in [2.05, 4.69) is 42.3 Å². The van der Waals surface area contributed by atoms with E-state index in [0.717, 1.165) is 16.8 Å². The van der Waals surface area contributed by atoms with Crippen molar-refractivity contribution in [3.05, 3.63) is 70.1 Å². The largest absolute Gasteiger partial charge is 0.298 e. The Morgan fingerprint density at radius 2 is 1.78 bits per heavy atom. The van der Waals surface area contributed by atoms with Gasteiger partial charge in [-0.2, -0.15) is 0 Å². The zero-order valence-corrected chi connectivity index (χ0v) is 14.2. The van der Waals surface area contributed by atoms with Crippen LogP contribution in [-0.4, -0.2) is 10.9 Å². The third kappa shape index (κ3) is 3.32. The molecular formula is C19H18N2OS. The van der Waals surface area contributed by atoms with Crippen molar-refractivity contribution in [2.45, 2.75) is 20.8 Å². The normalized spacial score (nSPS) is 10.6. The van der Waals surface area contributed by atoms with Crippen molar-refractivity contribution >= 4 is 22.4 Å². The summed E-state index contributed by atoms with van der Waals surface area (Å²) in [7, 11) is 0. The lowest BCUT2D eigenvalue weighted by molar-refractivity contribution is 0.102. The summed E-state index contributed by atoms with van der Waals surface area (Å²) < 4.78 is 0. The molecule has 3 rings (SSSR count). The molecule has 0 aliphatic carbocycles. The van der Waals surface area contributed by atoms with Gasteiger partial charge in [0.1, 0.15) is 0 Å². The second kappa shape index (κ2) is 6.34. The molecule has 0 fully saturated rings. The van der Waals surface area contributed by atoms with Crippen LogP contribution in [-0.2, 0) is 0 Å². The standard InChI is InChI=1S/C19H18N2OS/c1-12-8-9-15(10-14(12)3)17-11-23-19(20-17)21-18(22)16-7-5-4-6-13(16)2/h4-11H,1-3H3,(H,20,21,22). The van der Waals surface area contributed by atoms with E-state index in [4.69, 9.17) is 0 Å². The molecule has 0 radical (unpaired) electrons. The predicted octanol–water partition coefficient (Wildman–Crippen LogP) is 4.99. The van der Waals surface area contributed by atoms with E-state index in [1.807, 2.05) is 36.6 Å². The number of aromatic nitrogens is 1. The Kier molecular flexibility index (Phi) is 4.26. The molecule has 0 aliphatic heterocycles. The van der Waals surface area contributed by atoms with E-state index < -0.39 is 0 Å². The first-order valence-electron chi connectivity index (χ1n) is 7.45. The molecule has 1 amide bonds. The molecule has 0 atom stereocenters. The summed E-state index contributed by atoms with van der Waals surface area (Å²) in [6.07, 6.45) is 0. The molecule has 23 heavy (non-hydrogen) atoms. The van der Waals surface area contributed by atoms with Crippen LogP contribution in [0.1, 0.15) is 27.0 Å². The Hall–Kier alpha value is -2.46. The average molecular weight is 322 g/mol. The van der Waals surface area contributed by atoms with E-state index >= 15 is 0 Å². The Morgan fingerprint density at radius 1 is 1.00 bits per heavy atom. The monoisotopic (exact) mass is 322 g/mol. The van der Waals surface area contributed by atoms with Crippen molar-refractivity contribution in [3.63, 3.8) is 0 Å². The van der Waals surface area contributed by atoms with Crippen LogP contribution in [0.3, 0.4) is 0 Å². The van der Waals surface area contributed by atoms with Gasteiger partial charge < -0.3 is 0 Å². The van der Waals surface area contributed by atoms with Crippen LogP contribution in [0.25, 0.3) is 11.3 Å². The van der Waals surface area contributed by atoms with Crippen LogP contribution < -0.4 is 5.32 Å². The molecule has 3 aromatic rings. The first kappa shape index (κ1) is 15.4. The van der Waals surface area contributed by atoms with Gasteiger partial charge in [0.15, 0.2) is 5.13 Å². The highest BCUT2D eigenvalue weighted by Crippen LogP contribution is 2.26. The fraction of sp³-hybridized carbons (Fsp3) is 0.158. The maximum absolute atomic E-state index is 12.3. The summed E-state index contributed by atoms with van der Waals surface area (Å²) >= 11 is 1.44. The second-order valence-electron chi connectivity index (χ2n) is 5.61. The van der Waals surface area contributed by atoms with Gasteiger partial charge in [0, 0.05) is 16.5 Å². The van der Waals surface area contributed by atoms with Gasteiger partial charge in [-0.25, -0.2) is 4.98 Å². The van der Waals surface area contributed by atoms with Gasteiger partial charge in [-0.15, -0.1) is 11.3 Å². The lowest BCUT2D eigenvalue weighted by atomic mass is 10.1. The highest BCUT2D eigenvalue weighted by atomic mass is 32.1. The molecule has 0 saturated carbocycles. The number of amides is 1. The number of rotatable bonds is 3. The van der Waals surface area contributed by atoms with E-state index in [-0.39, 0.29) is 5.91 Å². The number of hydrogen-bond acceptors (Lipinski definition) is 3. The smallest absolute Gasteiger partial charge is 0.257 e. The number of carbonyl (C=O) groups is 1. The summed E-state index contributed by atoms with van der Waals surface area (Å²) in [6, 6.07) is 13.8. The van der Waals surface area contributed by atoms with Crippen molar-refractivity contribution in [2.24, 2.45) is 0 Å². The summed E-state index contributed by atoms with van der Waals surface area (Å²) in [4.78, 5) is 16.9. The van der Waals surface area contributed by atoms with Gasteiger partial charge in [0.05, 0.1) is 5.69 Å². The van der Waals surface area contributed by atoms with Crippen LogP contribution in [0, 0.1) is 20.8 Å². The summed E-state index contributed by atoms with van der Waals surface area (Å²) in [6.45, 7) is 6.11. The molecule has 0 saturated heterocycles. The van der Waals surface area contributed by atoms with Gasteiger partial charge in [0.25, 0.3) is 5.91 Å². The first-order chi connectivity index (χ1) is 11.0. The molecule has 1 heterocycles. The highest BCUT2D eigenvalue weighted by molar-refractivity contribution is 7.14. The SMILES string of the molecule is Cc1ccc(-c2csc(NC(=O)c3ccccc3C)n2)cc1C. The maximum Gasteiger partial charge on any atom is 0.257 e. The molecule has 116 valence electrons. The summed E-state index contributed by atoms with van der Waals surface area (Å²) in [5, 5.41) is 5.47. The highest BCUT2D eigenvalue weighted by Gasteiger charge is 2.11. The number of carbonyl (C=O) groups excluding carboxylic acids is 1. The van der Waals surface area contributed by atoms with Crippen molar-refractivity contribution in [1.82, 2.24) is 4.98 Å². The van der Waals surface area contributed by atoms with Gasteiger partial charge in [-0.3, -0.25) is 10.1 Å². The Labute approximate surface area is 140 Å². The summed E-state index contributed by atoms with van der Waals surface area (Å²) in [5.41, 5.74) is 6.09. The molecule has 0 bridgehead atoms. The molecule has 0 aliphatic rings. The number of aryl methyl sites for hydroxylation is 3. The fourth-order valence-corrected chi connectivity index (χ4v) is 3.07. The van der Waals surface area contributed by atoms with Crippen molar-refractivity contribution in [1.29, 1.82) is 0 Å². The van der Waals surface area contributed by atoms with Crippen LogP contribution in [0.15, 0.2) is 47.8 Å². The fourth-order valence-electron chi connectivity index (χ4n) is 2.36. The van der Waals surface area contributed by atoms with Crippen LogP contribution in [0.4, 0.5) is 5.13 Å². The topological polar surface area (TPSA) is 42.0 Å². The maximum atomic E-state index is 12.3. The Bertz CT molecular complexity index is 867.